The number of ether oxygens (including phenoxy) is 2. The molecule has 6 nitrogen and oxygen atoms in total. The maximum Gasteiger partial charge on any atom is 0.337 e. The number of carbonyl (C=O) groups excluding carboxylic acids is 1. The van der Waals surface area contributed by atoms with Crippen molar-refractivity contribution >= 4 is 23.3 Å². The zero-order valence-electron chi connectivity index (χ0n) is 15.2. The summed E-state index contributed by atoms with van der Waals surface area (Å²) in [5, 5.41) is 12.4. The van der Waals surface area contributed by atoms with Gasteiger partial charge in [0.25, 0.3) is 0 Å². The summed E-state index contributed by atoms with van der Waals surface area (Å²) in [6, 6.07) is 8.78. The van der Waals surface area contributed by atoms with Gasteiger partial charge in [0.05, 0.1) is 18.7 Å². The predicted octanol–water partition coefficient (Wildman–Crippen LogP) is 3.07. The average Bonchev–Trinajstić information content (AvgIpc) is 2.65. The highest BCUT2D eigenvalue weighted by atomic mass is 32.1. The van der Waals surface area contributed by atoms with Gasteiger partial charge in [-0.3, -0.25) is 0 Å². The van der Waals surface area contributed by atoms with E-state index in [1.165, 1.54) is 7.11 Å². The van der Waals surface area contributed by atoms with E-state index in [-0.39, 0.29) is 12.6 Å². The lowest BCUT2D eigenvalue weighted by Crippen LogP contribution is -2.48. The molecule has 1 N–H and O–H groups in total. The van der Waals surface area contributed by atoms with Crippen molar-refractivity contribution in [2.45, 2.75) is 32.7 Å². The molecule has 1 heterocycles. The molecule has 0 unspecified atom stereocenters. The third-order valence-electron chi connectivity index (χ3n) is 4.25. The average molecular weight is 373 g/mol. The van der Waals surface area contributed by atoms with Gasteiger partial charge >= 0.3 is 5.97 Å². The van der Waals surface area contributed by atoms with E-state index in [0.29, 0.717) is 16.4 Å². The maximum atomic E-state index is 12.4. The second kappa shape index (κ2) is 9.20. The number of hydrogen-bond donors (Lipinski definition) is 1. The first-order valence-electron chi connectivity index (χ1n) is 8.50. The summed E-state index contributed by atoms with van der Waals surface area (Å²) in [5.41, 5.74) is 2.22. The van der Waals surface area contributed by atoms with Crippen molar-refractivity contribution in [3.63, 3.8) is 0 Å². The van der Waals surface area contributed by atoms with Crippen LogP contribution in [-0.4, -0.2) is 36.2 Å². The number of nitrogens with one attached hydrogen (secondary N) is 1. The molecule has 1 atom stereocenters. The number of rotatable bonds is 7. The van der Waals surface area contributed by atoms with Crippen molar-refractivity contribution in [1.29, 1.82) is 5.26 Å². The fourth-order valence-electron chi connectivity index (χ4n) is 2.86. The Balaban J connectivity index is 2.37. The highest BCUT2D eigenvalue weighted by Gasteiger charge is 2.34. The SMILES string of the molecule is CCCCN1C(=S)N[C@H](c2ccc(OCC#N)cc2)C(C(=O)OC)=C1C. The minimum atomic E-state index is -0.391. The lowest BCUT2D eigenvalue weighted by molar-refractivity contribution is -0.136. The number of benzene rings is 1. The van der Waals surface area contributed by atoms with Gasteiger partial charge in [0, 0.05) is 12.2 Å². The van der Waals surface area contributed by atoms with E-state index in [1.54, 1.807) is 12.1 Å². The topological polar surface area (TPSA) is 74.6 Å². The molecule has 2 rings (SSSR count). The molecule has 1 aliphatic heterocycles. The first-order chi connectivity index (χ1) is 12.5. The zero-order valence-corrected chi connectivity index (χ0v) is 16.1. The summed E-state index contributed by atoms with van der Waals surface area (Å²) >= 11 is 5.52. The van der Waals surface area contributed by atoms with E-state index in [4.69, 9.17) is 27.0 Å². The third kappa shape index (κ3) is 4.33. The van der Waals surface area contributed by atoms with Gasteiger partial charge in [-0.15, -0.1) is 0 Å². The lowest BCUT2D eigenvalue weighted by atomic mass is 9.95. The van der Waals surface area contributed by atoms with Gasteiger partial charge in [-0.25, -0.2) is 4.79 Å². The molecule has 0 radical (unpaired) electrons. The Morgan fingerprint density at radius 2 is 2.08 bits per heavy atom. The molecule has 0 amide bonds. The van der Waals surface area contributed by atoms with Crippen LogP contribution in [0.4, 0.5) is 0 Å². The van der Waals surface area contributed by atoms with Crippen LogP contribution in [0.2, 0.25) is 0 Å². The van der Waals surface area contributed by atoms with Crippen LogP contribution in [0, 0.1) is 11.3 Å². The van der Waals surface area contributed by atoms with Crippen molar-refractivity contribution in [3.8, 4) is 11.8 Å². The fourth-order valence-corrected chi connectivity index (χ4v) is 3.21. The molecule has 0 saturated heterocycles. The molecule has 1 aromatic rings. The van der Waals surface area contributed by atoms with Gasteiger partial charge in [-0.2, -0.15) is 5.26 Å². The summed E-state index contributed by atoms with van der Waals surface area (Å²) in [6.07, 6.45) is 2.01. The molecular weight excluding hydrogens is 350 g/mol. The molecule has 26 heavy (non-hydrogen) atoms. The summed E-state index contributed by atoms with van der Waals surface area (Å²) in [6.45, 7) is 4.75. The van der Waals surface area contributed by atoms with Crippen LogP contribution >= 0.6 is 12.2 Å². The van der Waals surface area contributed by atoms with E-state index in [2.05, 4.69) is 12.2 Å². The second-order valence-electron chi connectivity index (χ2n) is 5.89. The van der Waals surface area contributed by atoms with E-state index in [9.17, 15) is 4.79 Å². The number of esters is 1. The highest BCUT2D eigenvalue weighted by Crippen LogP contribution is 2.32. The zero-order chi connectivity index (χ0) is 19.1. The van der Waals surface area contributed by atoms with Crippen LogP contribution in [-0.2, 0) is 9.53 Å². The van der Waals surface area contributed by atoms with Crippen molar-refractivity contribution in [2.75, 3.05) is 20.3 Å². The van der Waals surface area contributed by atoms with Gasteiger partial charge in [-0.1, -0.05) is 25.5 Å². The number of carbonyl (C=O) groups is 1. The van der Waals surface area contributed by atoms with Gasteiger partial charge in [-0.05, 0) is 43.3 Å². The summed E-state index contributed by atoms with van der Waals surface area (Å²) in [7, 11) is 1.38. The number of allylic oxidation sites excluding steroid dienone is 1. The number of thiocarbonyl (C=S) groups is 1. The second-order valence-corrected chi connectivity index (χ2v) is 6.28. The van der Waals surface area contributed by atoms with Crippen molar-refractivity contribution < 1.29 is 14.3 Å². The third-order valence-corrected chi connectivity index (χ3v) is 4.59. The lowest BCUT2D eigenvalue weighted by Gasteiger charge is -2.37. The quantitative estimate of drug-likeness (QED) is 0.581. The molecular formula is C19H23N3O3S. The van der Waals surface area contributed by atoms with Crippen molar-refractivity contribution in [1.82, 2.24) is 10.2 Å². The largest absolute Gasteiger partial charge is 0.479 e. The molecule has 0 spiro atoms. The molecule has 0 saturated carbocycles. The molecule has 0 aromatic heterocycles. The number of unbranched alkanes of at least 4 members (excludes halogenated alkanes) is 1. The van der Waals surface area contributed by atoms with Crippen LogP contribution in [0.3, 0.4) is 0 Å². The molecule has 0 aliphatic carbocycles. The van der Waals surface area contributed by atoms with Gasteiger partial charge in [0.15, 0.2) is 11.7 Å². The van der Waals surface area contributed by atoms with E-state index in [1.807, 2.05) is 30.0 Å². The standard InChI is InChI=1S/C19H23N3O3S/c1-4-5-11-22-13(2)16(18(23)24-3)17(21-19(22)26)14-6-8-15(9-7-14)25-12-10-20/h6-9,17H,4-5,11-12H2,1-3H3,(H,21,26)/t17-/m1/s1. The fraction of sp³-hybridized carbons (Fsp3) is 0.421. The van der Waals surface area contributed by atoms with E-state index < -0.39 is 6.04 Å². The molecule has 0 bridgehead atoms. The molecule has 1 aromatic carbocycles. The summed E-state index contributed by atoms with van der Waals surface area (Å²) in [4.78, 5) is 14.4. The smallest absolute Gasteiger partial charge is 0.337 e. The Morgan fingerprint density at radius 3 is 2.65 bits per heavy atom. The molecule has 1 aliphatic rings. The summed E-state index contributed by atoms with van der Waals surface area (Å²) in [5.74, 6) is 0.215. The minimum Gasteiger partial charge on any atom is -0.479 e. The minimum absolute atomic E-state index is 0.01000. The van der Waals surface area contributed by atoms with E-state index in [0.717, 1.165) is 30.6 Å². The molecule has 0 fully saturated rings. The van der Waals surface area contributed by atoms with Crippen LogP contribution in [0.5, 0.6) is 5.75 Å². The number of nitrogens with zero attached hydrogens (tertiary/aromatic N) is 2. The van der Waals surface area contributed by atoms with Gasteiger partial charge < -0.3 is 19.7 Å². The highest BCUT2D eigenvalue weighted by molar-refractivity contribution is 7.80. The number of hydrogen-bond acceptors (Lipinski definition) is 5. The molecule has 138 valence electrons. The molecule has 7 heteroatoms. The van der Waals surface area contributed by atoms with Crippen molar-refractivity contribution in [2.24, 2.45) is 0 Å². The van der Waals surface area contributed by atoms with Gasteiger partial charge in [0.1, 0.15) is 11.8 Å². The van der Waals surface area contributed by atoms with Crippen molar-refractivity contribution in [3.05, 3.63) is 41.1 Å². The maximum absolute atomic E-state index is 12.4. The first-order valence-corrected chi connectivity index (χ1v) is 8.91. The Bertz CT molecular complexity index is 737. The Labute approximate surface area is 159 Å². The van der Waals surface area contributed by atoms with E-state index >= 15 is 0 Å². The number of methoxy groups -OCH3 is 1. The van der Waals surface area contributed by atoms with Gasteiger partial charge in [0.2, 0.25) is 0 Å². The van der Waals surface area contributed by atoms with Crippen LogP contribution in [0.25, 0.3) is 0 Å². The monoisotopic (exact) mass is 373 g/mol. The van der Waals surface area contributed by atoms with Crippen LogP contribution < -0.4 is 10.1 Å². The predicted molar refractivity (Wildman–Crippen MR) is 102 cm³/mol. The van der Waals surface area contributed by atoms with Crippen LogP contribution in [0.15, 0.2) is 35.5 Å². The Kier molecular flexibility index (Phi) is 6.98. The summed E-state index contributed by atoms with van der Waals surface area (Å²) < 4.78 is 10.3. The van der Waals surface area contributed by atoms with Crippen LogP contribution in [0.1, 0.15) is 38.3 Å². The first kappa shape index (κ1) is 19.7. The number of nitriles is 1. The Morgan fingerprint density at radius 1 is 1.38 bits per heavy atom. The normalized spacial score (nSPS) is 16.8. The Hall–Kier alpha value is -2.59.